The van der Waals surface area contributed by atoms with Gasteiger partial charge in [-0.2, -0.15) is 0 Å². The lowest BCUT2D eigenvalue weighted by atomic mass is 9.67. The van der Waals surface area contributed by atoms with Crippen molar-refractivity contribution >= 4 is 0 Å². The van der Waals surface area contributed by atoms with Gasteiger partial charge in [0.15, 0.2) is 17.5 Å². The number of hydrogen-bond acceptors (Lipinski definition) is 3. The Morgan fingerprint density at radius 3 is 1.17 bits per heavy atom. The Hall–Kier alpha value is -6.45. The zero-order chi connectivity index (χ0) is 35.9. The summed E-state index contributed by atoms with van der Waals surface area (Å²) in [6.07, 6.45) is 6.37. The monoisotopic (exact) mass is 693 g/mol. The van der Waals surface area contributed by atoms with Crippen LogP contribution in [0.4, 0.5) is 0 Å². The highest BCUT2D eigenvalue weighted by Crippen LogP contribution is 2.56. The van der Waals surface area contributed by atoms with Gasteiger partial charge in [0, 0.05) is 22.1 Å². The Morgan fingerprint density at radius 2 is 0.667 bits per heavy atom. The molecule has 0 radical (unpaired) electrons. The van der Waals surface area contributed by atoms with Crippen molar-refractivity contribution in [1.29, 1.82) is 0 Å². The van der Waals surface area contributed by atoms with Crippen molar-refractivity contribution in [2.45, 2.75) is 37.5 Å². The Morgan fingerprint density at radius 1 is 0.296 bits per heavy atom. The maximum atomic E-state index is 5.07. The zero-order valence-electron chi connectivity index (χ0n) is 30.1. The number of aromatic nitrogens is 3. The summed E-state index contributed by atoms with van der Waals surface area (Å²) in [4.78, 5) is 15.2. The van der Waals surface area contributed by atoms with Crippen LogP contribution in [-0.2, 0) is 5.41 Å². The average molecular weight is 694 g/mol. The molecule has 1 aromatic heterocycles. The summed E-state index contributed by atoms with van der Waals surface area (Å²) in [7, 11) is 0. The molecule has 0 aliphatic heterocycles. The third kappa shape index (κ3) is 5.74. The maximum Gasteiger partial charge on any atom is 0.164 e. The molecular weight excluding hydrogens is 655 g/mol. The van der Waals surface area contributed by atoms with Gasteiger partial charge in [0.1, 0.15) is 0 Å². The van der Waals surface area contributed by atoms with E-state index < -0.39 is 0 Å². The molecule has 54 heavy (non-hydrogen) atoms. The minimum Gasteiger partial charge on any atom is -0.208 e. The third-order valence-electron chi connectivity index (χ3n) is 11.6. The molecule has 7 aromatic carbocycles. The average Bonchev–Trinajstić information content (AvgIpc) is 3.52. The molecule has 8 aromatic rings. The van der Waals surface area contributed by atoms with Gasteiger partial charge in [-0.15, -0.1) is 0 Å². The van der Waals surface area contributed by atoms with Gasteiger partial charge in [-0.05, 0) is 74.5 Å². The number of benzene rings is 7. The highest BCUT2D eigenvalue weighted by molar-refractivity contribution is 5.84. The summed E-state index contributed by atoms with van der Waals surface area (Å²) in [6.45, 7) is 0. The van der Waals surface area contributed by atoms with E-state index in [9.17, 15) is 0 Å². The molecule has 2 aliphatic carbocycles. The fourth-order valence-corrected chi connectivity index (χ4v) is 8.79. The van der Waals surface area contributed by atoms with Crippen LogP contribution in [0.5, 0.6) is 0 Å². The molecule has 1 fully saturated rings. The molecule has 3 heteroatoms. The first-order valence-electron chi connectivity index (χ1n) is 19.1. The molecule has 0 saturated heterocycles. The van der Waals surface area contributed by atoms with Gasteiger partial charge in [-0.25, -0.2) is 15.0 Å². The van der Waals surface area contributed by atoms with Crippen molar-refractivity contribution < 1.29 is 0 Å². The van der Waals surface area contributed by atoms with Gasteiger partial charge in [0.05, 0.1) is 0 Å². The molecule has 0 amide bonds. The number of rotatable bonds is 6. The van der Waals surface area contributed by atoms with Crippen molar-refractivity contribution in [2.75, 3.05) is 0 Å². The van der Waals surface area contributed by atoms with Crippen LogP contribution in [0, 0.1) is 0 Å². The van der Waals surface area contributed by atoms with Gasteiger partial charge >= 0.3 is 0 Å². The Labute approximate surface area is 317 Å². The second kappa shape index (κ2) is 13.5. The van der Waals surface area contributed by atoms with E-state index in [0.29, 0.717) is 17.5 Å². The van der Waals surface area contributed by atoms with Crippen molar-refractivity contribution in [1.82, 2.24) is 15.0 Å². The predicted octanol–water partition coefficient (Wildman–Crippen LogP) is 13.1. The van der Waals surface area contributed by atoms with Crippen LogP contribution >= 0.6 is 0 Å². The minimum absolute atomic E-state index is 0.135. The number of hydrogen-bond donors (Lipinski definition) is 0. The van der Waals surface area contributed by atoms with E-state index in [-0.39, 0.29) is 5.41 Å². The highest BCUT2D eigenvalue weighted by atomic mass is 15.0. The fourth-order valence-electron chi connectivity index (χ4n) is 8.79. The molecule has 0 unspecified atom stereocenters. The highest BCUT2D eigenvalue weighted by Gasteiger charge is 2.43. The van der Waals surface area contributed by atoms with Crippen molar-refractivity contribution in [3.63, 3.8) is 0 Å². The third-order valence-corrected chi connectivity index (χ3v) is 11.6. The second-order valence-corrected chi connectivity index (χ2v) is 14.7. The molecular formula is C51H39N3. The van der Waals surface area contributed by atoms with Crippen LogP contribution in [0.2, 0.25) is 0 Å². The van der Waals surface area contributed by atoms with Gasteiger partial charge in [-0.1, -0.05) is 189 Å². The van der Waals surface area contributed by atoms with Crippen LogP contribution < -0.4 is 0 Å². The number of nitrogens with zero attached hydrogens (tertiary/aromatic N) is 3. The lowest BCUT2D eigenvalue weighted by Crippen LogP contribution is -2.28. The van der Waals surface area contributed by atoms with Gasteiger partial charge in [0.2, 0.25) is 0 Å². The van der Waals surface area contributed by atoms with Crippen LogP contribution in [0.25, 0.3) is 78.7 Å². The SMILES string of the molecule is c1ccc(-c2ccc(-c3nc(-c4ccc(-c5ccccc5)cc4)nc(-c4ccc(-c5ccc6c(c5)C5(CCCCC5)c5ccccc5-6)cc4)n3)cc2)cc1. The normalized spacial score (nSPS) is 14.1. The van der Waals surface area contributed by atoms with E-state index in [2.05, 4.69) is 164 Å². The van der Waals surface area contributed by atoms with E-state index in [1.54, 1.807) is 0 Å². The standard InChI is InChI=1S/C51H39N3/c1-4-12-35(13-5-1)37-18-24-40(25-19-37)48-52-49(41-26-20-38(21-27-41)36-14-6-2-7-15-36)54-50(53-48)42-28-22-39(23-29-42)43-30-31-45-44-16-8-9-17-46(44)51(47(45)34-43)32-10-3-11-33-51/h1-2,4-9,12-31,34H,3,10-11,32-33H2. The number of fused-ring (bicyclic) bond motifs is 5. The van der Waals surface area contributed by atoms with Crippen LogP contribution in [-0.4, -0.2) is 15.0 Å². The summed E-state index contributed by atoms with van der Waals surface area (Å²) in [6, 6.07) is 62.9. The molecule has 0 bridgehead atoms. The maximum absolute atomic E-state index is 5.07. The smallest absolute Gasteiger partial charge is 0.164 e. The van der Waals surface area contributed by atoms with E-state index in [0.717, 1.165) is 27.8 Å². The molecule has 1 spiro atoms. The summed E-state index contributed by atoms with van der Waals surface area (Å²) < 4.78 is 0. The van der Waals surface area contributed by atoms with Crippen molar-refractivity contribution in [3.05, 3.63) is 187 Å². The van der Waals surface area contributed by atoms with Crippen LogP contribution in [0.15, 0.2) is 176 Å². The molecule has 10 rings (SSSR count). The van der Waals surface area contributed by atoms with E-state index in [4.69, 9.17) is 15.0 Å². The zero-order valence-corrected chi connectivity index (χ0v) is 30.1. The largest absolute Gasteiger partial charge is 0.208 e. The predicted molar refractivity (Wildman–Crippen MR) is 222 cm³/mol. The Kier molecular flexibility index (Phi) is 8.06. The first-order valence-corrected chi connectivity index (χ1v) is 19.1. The van der Waals surface area contributed by atoms with Crippen molar-refractivity contribution in [2.24, 2.45) is 0 Å². The molecule has 0 atom stereocenters. The Bertz CT molecular complexity index is 2480. The van der Waals surface area contributed by atoms with Crippen LogP contribution in [0.1, 0.15) is 43.2 Å². The summed E-state index contributed by atoms with van der Waals surface area (Å²) in [5.74, 6) is 1.97. The topological polar surface area (TPSA) is 38.7 Å². The molecule has 3 nitrogen and oxygen atoms in total. The van der Waals surface area contributed by atoms with E-state index >= 15 is 0 Å². The lowest BCUT2D eigenvalue weighted by Gasteiger charge is -2.36. The lowest BCUT2D eigenvalue weighted by molar-refractivity contribution is 0.353. The summed E-state index contributed by atoms with van der Waals surface area (Å²) in [5.41, 5.74) is 16.0. The van der Waals surface area contributed by atoms with E-state index in [1.807, 2.05) is 12.1 Å². The molecule has 2 aliphatic rings. The van der Waals surface area contributed by atoms with Crippen LogP contribution in [0.3, 0.4) is 0 Å². The molecule has 0 N–H and O–H groups in total. The summed E-state index contributed by atoms with van der Waals surface area (Å²) in [5, 5.41) is 0. The van der Waals surface area contributed by atoms with Crippen molar-refractivity contribution in [3.8, 4) is 78.7 Å². The van der Waals surface area contributed by atoms with Gasteiger partial charge in [0.25, 0.3) is 0 Å². The van der Waals surface area contributed by atoms with E-state index in [1.165, 1.54) is 76.6 Å². The minimum atomic E-state index is 0.135. The van der Waals surface area contributed by atoms with Gasteiger partial charge in [-0.3, -0.25) is 0 Å². The first kappa shape index (κ1) is 32.2. The second-order valence-electron chi connectivity index (χ2n) is 14.7. The molecule has 258 valence electrons. The Balaban J connectivity index is 1.02. The molecule has 1 heterocycles. The summed E-state index contributed by atoms with van der Waals surface area (Å²) >= 11 is 0. The fraction of sp³-hybridized carbons (Fsp3) is 0.118. The van der Waals surface area contributed by atoms with Gasteiger partial charge < -0.3 is 0 Å². The molecule has 1 saturated carbocycles. The first-order chi connectivity index (χ1) is 26.7. The quantitative estimate of drug-likeness (QED) is 0.174.